The number of hydrogen-bond donors (Lipinski definition) is 2. The van der Waals surface area contributed by atoms with Crippen LogP contribution in [0.3, 0.4) is 0 Å². The summed E-state index contributed by atoms with van der Waals surface area (Å²) in [5, 5.41) is 4.93. The minimum absolute atomic E-state index is 0.134. The maximum atomic E-state index is 11.6. The lowest BCUT2D eigenvalue weighted by atomic mass is 10.2. The van der Waals surface area contributed by atoms with Gasteiger partial charge in [0.1, 0.15) is 11.9 Å². The molecule has 6 heteroatoms. The molecule has 0 unspecified atom stereocenters. The maximum absolute atomic E-state index is 11.6. The van der Waals surface area contributed by atoms with E-state index in [0.717, 1.165) is 12.8 Å². The molecule has 0 aliphatic heterocycles. The van der Waals surface area contributed by atoms with Gasteiger partial charge in [-0.15, -0.1) is 0 Å². The number of nitrogens with one attached hydrogen (secondary N) is 2. The second kappa shape index (κ2) is 8.04. The third-order valence-corrected chi connectivity index (χ3v) is 2.50. The monoisotopic (exact) mass is 280 g/mol. The quantitative estimate of drug-likeness (QED) is 0.868. The van der Waals surface area contributed by atoms with Crippen molar-refractivity contribution in [1.29, 1.82) is 0 Å². The molecule has 0 aliphatic carbocycles. The van der Waals surface area contributed by atoms with Crippen LogP contribution in [0.5, 0.6) is 5.75 Å². The minimum Gasteiger partial charge on any atom is -0.446 e. The second-order valence-electron chi connectivity index (χ2n) is 4.30. The Morgan fingerprint density at radius 1 is 1.30 bits per heavy atom. The number of anilines is 1. The molecular formula is C14H20N2O4. The van der Waals surface area contributed by atoms with Crippen molar-refractivity contribution in [2.75, 3.05) is 12.4 Å². The number of hydrogen-bond acceptors (Lipinski definition) is 4. The molecular weight excluding hydrogens is 260 g/mol. The molecule has 0 saturated carbocycles. The van der Waals surface area contributed by atoms with Gasteiger partial charge >= 0.3 is 12.2 Å². The van der Waals surface area contributed by atoms with Crippen molar-refractivity contribution in [3.05, 3.63) is 24.3 Å². The first kappa shape index (κ1) is 15.8. The molecule has 0 aliphatic rings. The molecule has 0 heterocycles. The Hall–Kier alpha value is -2.24. The average Bonchev–Trinajstić information content (AvgIpc) is 2.38. The summed E-state index contributed by atoms with van der Waals surface area (Å²) in [5.74, 6) is 0.337. The lowest BCUT2D eigenvalue weighted by Crippen LogP contribution is -2.22. The van der Waals surface area contributed by atoms with Crippen molar-refractivity contribution in [2.24, 2.45) is 0 Å². The topological polar surface area (TPSA) is 76.7 Å². The standard InChI is InChI=1S/C14H20N2O4/c1-4-6-10(2)19-14(18)16-11-7-5-8-12(9-11)20-13(17)15-3/h5,7-10H,4,6H2,1-3H3,(H,15,17)(H,16,18)/t10-/m1/s1. The first-order valence-electron chi connectivity index (χ1n) is 6.52. The summed E-state index contributed by atoms with van der Waals surface area (Å²) < 4.78 is 10.1. The van der Waals surface area contributed by atoms with Crippen LogP contribution in [0, 0.1) is 0 Å². The van der Waals surface area contributed by atoms with Gasteiger partial charge in [-0.1, -0.05) is 19.4 Å². The molecule has 6 nitrogen and oxygen atoms in total. The van der Waals surface area contributed by atoms with Crippen molar-refractivity contribution in [1.82, 2.24) is 5.32 Å². The van der Waals surface area contributed by atoms with Crippen LogP contribution in [0.2, 0.25) is 0 Å². The van der Waals surface area contributed by atoms with Gasteiger partial charge in [0.25, 0.3) is 0 Å². The van der Waals surface area contributed by atoms with E-state index in [4.69, 9.17) is 9.47 Å². The molecule has 0 aromatic heterocycles. The molecule has 0 radical (unpaired) electrons. The van der Waals surface area contributed by atoms with Crippen LogP contribution in [-0.2, 0) is 4.74 Å². The molecule has 1 aromatic carbocycles. The highest BCUT2D eigenvalue weighted by atomic mass is 16.6. The van der Waals surface area contributed by atoms with Gasteiger partial charge < -0.3 is 14.8 Å². The van der Waals surface area contributed by atoms with Gasteiger partial charge in [0, 0.05) is 18.8 Å². The van der Waals surface area contributed by atoms with Crippen molar-refractivity contribution in [3.63, 3.8) is 0 Å². The molecule has 1 rings (SSSR count). The highest BCUT2D eigenvalue weighted by molar-refractivity contribution is 5.85. The summed E-state index contributed by atoms with van der Waals surface area (Å²) in [6, 6.07) is 6.51. The number of benzene rings is 1. The lowest BCUT2D eigenvalue weighted by molar-refractivity contribution is 0.115. The van der Waals surface area contributed by atoms with Crippen molar-refractivity contribution in [3.8, 4) is 5.75 Å². The summed E-state index contributed by atoms with van der Waals surface area (Å²) >= 11 is 0. The van der Waals surface area contributed by atoms with E-state index in [2.05, 4.69) is 10.6 Å². The highest BCUT2D eigenvalue weighted by Crippen LogP contribution is 2.18. The maximum Gasteiger partial charge on any atom is 0.412 e. The summed E-state index contributed by atoms with van der Waals surface area (Å²) in [4.78, 5) is 22.7. The number of ether oxygens (including phenoxy) is 2. The lowest BCUT2D eigenvalue weighted by Gasteiger charge is -2.13. The van der Waals surface area contributed by atoms with E-state index < -0.39 is 12.2 Å². The first-order valence-corrected chi connectivity index (χ1v) is 6.52. The minimum atomic E-state index is -0.568. The van der Waals surface area contributed by atoms with Gasteiger partial charge in [-0.25, -0.2) is 9.59 Å². The first-order chi connectivity index (χ1) is 9.55. The Bertz CT molecular complexity index is 462. The molecule has 2 amide bonds. The van der Waals surface area contributed by atoms with Gasteiger partial charge in [0.2, 0.25) is 0 Å². The van der Waals surface area contributed by atoms with E-state index in [-0.39, 0.29) is 6.10 Å². The molecule has 0 bridgehead atoms. The molecule has 1 atom stereocenters. The number of amides is 2. The van der Waals surface area contributed by atoms with Crippen LogP contribution in [0.15, 0.2) is 24.3 Å². The Balaban J connectivity index is 2.57. The SMILES string of the molecule is CCC[C@@H](C)OC(=O)Nc1cccc(OC(=O)NC)c1. The molecule has 1 aromatic rings. The second-order valence-corrected chi connectivity index (χ2v) is 4.30. The highest BCUT2D eigenvalue weighted by Gasteiger charge is 2.09. The van der Waals surface area contributed by atoms with Gasteiger partial charge in [-0.2, -0.15) is 0 Å². The summed E-state index contributed by atoms with van der Waals surface area (Å²) in [6.07, 6.45) is 0.534. The summed E-state index contributed by atoms with van der Waals surface area (Å²) in [5.41, 5.74) is 0.500. The number of carbonyl (C=O) groups excluding carboxylic acids is 2. The zero-order valence-electron chi connectivity index (χ0n) is 11.9. The van der Waals surface area contributed by atoms with E-state index in [1.54, 1.807) is 24.3 Å². The third kappa shape index (κ3) is 5.60. The molecule has 110 valence electrons. The van der Waals surface area contributed by atoms with Gasteiger partial charge in [-0.05, 0) is 25.5 Å². The van der Waals surface area contributed by atoms with Crippen LogP contribution in [-0.4, -0.2) is 25.3 Å². The molecule has 0 saturated heterocycles. The van der Waals surface area contributed by atoms with Crippen molar-refractivity contribution >= 4 is 17.9 Å². The largest absolute Gasteiger partial charge is 0.446 e. The van der Waals surface area contributed by atoms with Crippen molar-refractivity contribution in [2.45, 2.75) is 32.8 Å². The van der Waals surface area contributed by atoms with Crippen LogP contribution in [0.1, 0.15) is 26.7 Å². The smallest absolute Gasteiger partial charge is 0.412 e. The molecule has 20 heavy (non-hydrogen) atoms. The molecule has 2 N–H and O–H groups in total. The molecule has 0 spiro atoms. The zero-order valence-corrected chi connectivity index (χ0v) is 11.9. The van der Waals surface area contributed by atoms with E-state index in [1.165, 1.54) is 7.05 Å². The fraction of sp³-hybridized carbons (Fsp3) is 0.429. The number of rotatable bonds is 5. The van der Waals surface area contributed by atoms with Crippen LogP contribution >= 0.6 is 0 Å². The zero-order chi connectivity index (χ0) is 15.0. The normalized spacial score (nSPS) is 11.3. The fourth-order valence-electron chi connectivity index (χ4n) is 1.59. The predicted molar refractivity (Wildman–Crippen MR) is 76.0 cm³/mol. The van der Waals surface area contributed by atoms with E-state index in [1.807, 2.05) is 13.8 Å². The van der Waals surface area contributed by atoms with Gasteiger partial charge in [-0.3, -0.25) is 5.32 Å². The van der Waals surface area contributed by atoms with Crippen molar-refractivity contribution < 1.29 is 19.1 Å². The van der Waals surface area contributed by atoms with Crippen LogP contribution in [0.4, 0.5) is 15.3 Å². The summed E-state index contributed by atoms with van der Waals surface area (Å²) in [7, 11) is 1.47. The summed E-state index contributed by atoms with van der Waals surface area (Å²) in [6.45, 7) is 3.87. The third-order valence-electron chi connectivity index (χ3n) is 2.50. The average molecular weight is 280 g/mol. The fourth-order valence-corrected chi connectivity index (χ4v) is 1.59. The van der Waals surface area contributed by atoms with E-state index in [9.17, 15) is 9.59 Å². The van der Waals surface area contributed by atoms with Crippen LogP contribution in [0.25, 0.3) is 0 Å². The Morgan fingerprint density at radius 2 is 2.05 bits per heavy atom. The number of carbonyl (C=O) groups is 2. The van der Waals surface area contributed by atoms with E-state index in [0.29, 0.717) is 11.4 Å². The predicted octanol–water partition coefficient (Wildman–Crippen LogP) is 3.14. The van der Waals surface area contributed by atoms with E-state index >= 15 is 0 Å². The van der Waals surface area contributed by atoms with Crippen LogP contribution < -0.4 is 15.4 Å². The Labute approximate surface area is 118 Å². The van der Waals surface area contributed by atoms with Gasteiger partial charge in [0.05, 0.1) is 0 Å². The Kier molecular flexibility index (Phi) is 6.36. The Morgan fingerprint density at radius 3 is 2.70 bits per heavy atom. The molecule has 0 fully saturated rings. The van der Waals surface area contributed by atoms with Gasteiger partial charge in [0.15, 0.2) is 0 Å².